The third-order valence-electron chi connectivity index (χ3n) is 3.84. The van der Waals surface area contributed by atoms with E-state index in [4.69, 9.17) is 34.2 Å². The van der Waals surface area contributed by atoms with Gasteiger partial charge in [0.2, 0.25) is 0 Å². The van der Waals surface area contributed by atoms with E-state index in [1.807, 2.05) is 0 Å². The zero-order valence-corrected chi connectivity index (χ0v) is 20.7. The van der Waals surface area contributed by atoms with Crippen molar-refractivity contribution in [3.63, 3.8) is 0 Å². The Labute approximate surface area is 203 Å². The smallest absolute Gasteiger partial charge is 0.461 e. The van der Waals surface area contributed by atoms with Gasteiger partial charge in [-0.05, 0) is 65.7 Å². The minimum Gasteiger partial charge on any atom is -0.461 e. The second-order valence-electron chi connectivity index (χ2n) is 7.87. The summed E-state index contributed by atoms with van der Waals surface area (Å²) in [6.45, 7) is 9.66. The lowest BCUT2D eigenvalue weighted by molar-refractivity contribution is -0.148. The molecule has 0 heterocycles. The summed E-state index contributed by atoms with van der Waals surface area (Å²) in [5.74, 6) is -0.973. The Balaban J connectivity index is 2.86. The summed E-state index contributed by atoms with van der Waals surface area (Å²) >= 11 is 0. The molecule has 2 atom stereocenters. The van der Waals surface area contributed by atoms with Gasteiger partial charge in [0.25, 0.3) is 0 Å². The molecule has 0 aliphatic rings. The van der Waals surface area contributed by atoms with Crippen LogP contribution in [0.25, 0.3) is 0 Å². The van der Waals surface area contributed by atoms with Crippen LogP contribution in [0, 0.1) is 0 Å². The van der Waals surface area contributed by atoms with Gasteiger partial charge >= 0.3 is 24.4 Å². The summed E-state index contributed by atoms with van der Waals surface area (Å²) < 4.78 is 34.8. The van der Waals surface area contributed by atoms with Gasteiger partial charge in [-0.1, -0.05) is 6.07 Å². The van der Waals surface area contributed by atoms with Gasteiger partial charge in [0.05, 0.1) is 18.8 Å². The van der Waals surface area contributed by atoms with Crippen LogP contribution in [0.5, 0.6) is 11.5 Å². The summed E-state index contributed by atoms with van der Waals surface area (Å²) in [5.41, 5.74) is 6.40. The molecule has 0 aromatic heterocycles. The number of carbonyl (C=O) groups excluding carboxylic acids is 4. The molecular formula is C23H33NO11. The molecule has 12 heteroatoms. The van der Waals surface area contributed by atoms with E-state index in [-0.39, 0.29) is 31.1 Å². The molecule has 0 aliphatic carbocycles. The molecule has 35 heavy (non-hydrogen) atoms. The van der Waals surface area contributed by atoms with Crippen LogP contribution in [0.2, 0.25) is 0 Å². The molecule has 0 saturated heterocycles. The van der Waals surface area contributed by atoms with Gasteiger partial charge in [-0.2, -0.15) is 0 Å². The summed E-state index contributed by atoms with van der Waals surface area (Å²) in [6, 6.07) is 3.18. The van der Waals surface area contributed by atoms with Crippen molar-refractivity contribution in [3.8, 4) is 11.5 Å². The second kappa shape index (κ2) is 14.7. The lowest BCUT2D eigenvalue weighted by Crippen LogP contribution is -2.36. The van der Waals surface area contributed by atoms with Crippen molar-refractivity contribution < 1.29 is 52.3 Å². The van der Waals surface area contributed by atoms with Gasteiger partial charge < -0.3 is 38.9 Å². The summed E-state index contributed by atoms with van der Waals surface area (Å²) in [5, 5.41) is 0. The average Bonchev–Trinajstić information content (AvgIpc) is 2.72. The van der Waals surface area contributed by atoms with Crippen molar-refractivity contribution in [2.45, 2.75) is 72.3 Å². The summed E-state index contributed by atoms with van der Waals surface area (Å²) in [7, 11) is 0. The molecular weight excluding hydrogens is 466 g/mol. The molecule has 2 N–H and O–H groups in total. The fourth-order valence-corrected chi connectivity index (χ4v) is 2.45. The number of hydrogen-bond donors (Lipinski definition) is 1. The van der Waals surface area contributed by atoms with Gasteiger partial charge in [-0.25, -0.2) is 14.4 Å². The minimum absolute atomic E-state index is 0.00173. The van der Waals surface area contributed by atoms with Gasteiger partial charge in [-0.3, -0.25) is 4.79 Å². The number of nitrogens with two attached hydrogens (primary N) is 1. The Kier molecular flexibility index (Phi) is 12.4. The van der Waals surface area contributed by atoms with Gasteiger partial charge in [0, 0.05) is 0 Å². The highest BCUT2D eigenvalue weighted by molar-refractivity contribution is 5.76. The molecule has 1 rings (SSSR count). The third kappa shape index (κ3) is 11.9. The first kappa shape index (κ1) is 29.5. The van der Waals surface area contributed by atoms with Crippen LogP contribution < -0.4 is 15.2 Å². The monoisotopic (exact) mass is 499 g/mol. The normalized spacial score (nSPS) is 12.4. The van der Waals surface area contributed by atoms with Crippen molar-refractivity contribution in [3.05, 3.63) is 23.8 Å². The number of ether oxygens (including phenoxy) is 7. The van der Waals surface area contributed by atoms with E-state index < -0.39 is 48.8 Å². The SMILES string of the molecule is CCOC(=O)O[C@@H](C)COC(=O)[C@@H](N)Cc1ccc(OC(=O)OC(C)C)c(OC(=O)OC(C)C)c1. The third-order valence-corrected chi connectivity index (χ3v) is 3.84. The van der Waals surface area contributed by atoms with Crippen molar-refractivity contribution in [1.82, 2.24) is 0 Å². The van der Waals surface area contributed by atoms with Crippen molar-refractivity contribution in [2.24, 2.45) is 5.73 Å². The molecule has 0 fully saturated rings. The van der Waals surface area contributed by atoms with E-state index >= 15 is 0 Å². The molecule has 0 bridgehead atoms. The standard InChI is InChI=1S/C23H33NO11/c1-7-29-21(26)33-15(6)12-30-20(25)17(24)10-16-8-9-18(34-22(27)31-13(2)3)19(11-16)35-23(28)32-14(4)5/h8-9,11,13-15,17H,7,10,12,24H2,1-6H3/t15-,17-/m0/s1. The van der Waals surface area contributed by atoms with E-state index in [2.05, 4.69) is 4.74 Å². The van der Waals surface area contributed by atoms with E-state index in [0.29, 0.717) is 5.56 Å². The fourth-order valence-electron chi connectivity index (χ4n) is 2.45. The van der Waals surface area contributed by atoms with Crippen molar-refractivity contribution in [2.75, 3.05) is 13.2 Å². The van der Waals surface area contributed by atoms with Crippen LogP contribution in [0.4, 0.5) is 14.4 Å². The molecule has 0 spiro atoms. The maximum atomic E-state index is 12.3. The zero-order valence-electron chi connectivity index (χ0n) is 20.7. The van der Waals surface area contributed by atoms with E-state index in [1.165, 1.54) is 25.1 Å². The maximum absolute atomic E-state index is 12.3. The van der Waals surface area contributed by atoms with Gasteiger partial charge in [0.15, 0.2) is 11.5 Å². The van der Waals surface area contributed by atoms with Crippen LogP contribution in [0.1, 0.15) is 47.1 Å². The van der Waals surface area contributed by atoms with E-state index in [0.717, 1.165) is 0 Å². The van der Waals surface area contributed by atoms with Crippen LogP contribution in [-0.2, 0) is 34.9 Å². The first-order valence-corrected chi connectivity index (χ1v) is 11.1. The predicted molar refractivity (Wildman–Crippen MR) is 121 cm³/mol. The zero-order chi connectivity index (χ0) is 26.5. The lowest BCUT2D eigenvalue weighted by Gasteiger charge is -2.17. The molecule has 0 unspecified atom stereocenters. The molecule has 0 saturated carbocycles. The lowest BCUT2D eigenvalue weighted by atomic mass is 10.1. The highest BCUT2D eigenvalue weighted by Crippen LogP contribution is 2.30. The Morgan fingerprint density at radius 3 is 1.91 bits per heavy atom. The van der Waals surface area contributed by atoms with Crippen molar-refractivity contribution >= 4 is 24.4 Å². The highest BCUT2D eigenvalue weighted by atomic mass is 16.8. The Morgan fingerprint density at radius 1 is 0.800 bits per heavy atom. The number of benzene rings is 1. The number of hydrogen-bond acceptors (Lipinski definition) is 12. The minimum atomic E-state index is -1.09. The summed E-state index contributed by atoms with van der Waals surface area (Å²) in [6.07, 6.45) is -4.49. The van der Waals surface area contributed by atoms with Crippen LogP contribution in [0.15, 0.2) is 18.2 Å². The Morgan fingerprint density at radius 2 is 1.37 bits per heavy atom. The van der Waals surface area contributed by atoms with Crippen LogP contribution in [0.3, 0.4) is 0 Å². The largest absolute Gasteiger partial charge is 0.514 e. The Hall–Kier alpha value is -3.54. The predicted octanol–water partition coefficient (Wildman–Crippen LogP) is 3.51. The molecule has 0 aliphatic heterocycles. The first-order valence-electron chi connectivity index (χ1n) is 11.1. The van der Waals surface area contributed by atoms with Gasteiger partial charge in [0.1, 0.15) is 18.8 Å². The highest BCUT2D eigenvalue weighted by Gasteiger charge is 2.22. The summed E-state index contributed by atoms with van der Waals surface area (Å²) in [4.78, 5) is 47.4. The maximum Gasteiger partial charge on any atom is 0.514 e. The topological polar surface area (TPSA) is 159 Å². The number of carbonyl (C=O) groups is 4. The molecule has 12 nitrogen and oxygen atoms in total. The molecule has 1 aromatic rings. The quantitative estimate of drug-likeness (QED) is 0.268. The van der Waals surface area contributed by atoms with Crippen LogP contribution in [-0.4, -0.2) is 62.0 Å². The Bertz CT molecular complexity index is 869. The first-order chi connectivity index (χ1) is 16.4. The van der Waals surface area contributed by atoms with E-state index in [9.17, 15) is 19.2 Å². The average molecular weight is 500 g/mol. The number of esters is 1. The van der Waals surface area contributed by atoms with E-state index in [1.54, 1.807) is 34.6 Å². The fraction of sp³-hybridized carbons (Fsp3) is 0.565. The van der Waals surface area contributed by atoms with Crippen molar-refractivity contribution in [1.29, 1.82) is 0 Å². The molecule has 0 radical (unpaired) electrons. The molecule has 196 valence electrons. The molecule has 1 aromatic carbocycles. The number of rotatable bonds is 11. The van der Waals surface area contributed by atoms with Crippen LogP contribution >= 0.6 is 0 Å². The second-order valence-corrected chi connectivity index (χ2v) is 7.87. The van der Waals surface area contributed by atoms with Gasteiger partial charge in [-0.15, -0.1) is 0 Å². The molecule has 0 amide bonds.